The van der Waals surface area contributed by atoms with Gasteiger partial charge < -0.3 is 9.64 Å². The molecule has 0 saturated carbocycles. The van der Waals surface area contributed by atoms with Crippen LogP contribution < -0.4 is 4.90 Å². The molecule has 2 heterocycles. The van der Waals surface area contributed by atoms with Crippen LogP contribution in [0.25, 0.3) is 0 Å². The van der Waals surface area contributed by atoms with Crippen molar-refractivity contribution in [3.05, 3.63) is 17.1 Å². The smallest absolute Gasteiger partial charge is 0.302 e. The lowest BCUT2D eigenvalue weighted by Gasteiger charge is -2.34. The van der Waals surface area contributed by atoms with E-state index >= 15 is 0 Å². The summed E-state index contributed by atoms with van der Waals surface area (Å²) in [6, 6.07) is 0. The molecule has 1 fully saturated rings. The predicted octanol–water partition coefficient (Wildman–Crippen LogP) is 2.20. The summed E-state index contributed by atoms with van der Waals surface area (Å²) < 4.78 is 5.31. The Hall–Kier alpha value is -1.65. The molecule has 1 aromatic rings. The highest BCUT2D eigenvalue weighted by Crippen LogP contribution is 2.30. The molecule has 1 aliphatic heterocycles. The molecule has 0 aromatic carbocycles. The van der Waals surface area contributed by atoms with Gasteiger partial charge in [0.25, 0.3) is 0 Å². The Bertz CT molecular complexity index is 537. The standard InChI is InChI=1S/C16H23N3O2/c1-11-17-15-6-4-3-5-14(15)16(18-11)19-9-7-13(8-10-19)21-12(2)20/h13H,3-10H2,1-2H3. The van der Waals surface area contributed by atoms with Crippen LogP contribution in [-0.2, 0) is 22.4 Å². The molecule has 5 nitrogen and oxygen atoms in total. The minimum atomic E-state index is -0.177. The monoisotopic (exact) mass is 289 g/mol. The van der Waals surface area contributed by atoms with Gasteiger partial charge in [0.15, 0.2) is 0 Å². The van der Waals surface area contributed by atoms with E-state index in [-0.39, 0.29) is 12.1 Å². The second kappa shape index (κ2) is 6.00. The van der Waals surface area contributed by atoms with Gasteiger partial charge in [-0.15, -0.1) is 0 Å². The zero-order valence-electron chi connectivity index (χ0n) is 12.9. The number of aryl methyl sites for hydroxylation is 2. The van der Waals surface area contributed by atoms with Crippen LogP contribution in [0.15, 0.2) is 0 Å². The van der Waals surface area contributed by atoms with Gasteiger partial charge in [-0.25, -0.2) is 9.97 Å². The maximum Gasteiger partial charge on any atom is 0.302 e. The summed E-state index contributed by atoms with van der Waals surface area (Å²) in [6.45, 7) is 5.27. The van der Waals surface area contributed by atoms with Crippen LogP contribution in [0.5, 0.6) is 0 Å². The Morgan fingerprint density at radius 2 is 1.90 bits per heavy atom. The minimum absolute atomic E-state index is 0.0671. The minimum Gasteiger partial charge on any atom is -0.462 e. The highest BCUT2D eigenvalue weighted by Gasteiger charge is 2.26. The molecule has 2 aliphatic rings. The average Bonchev–Trinajstić information content (AvgIpc) is 2.46. The Kier molecular flexibility index (Phi) is 4.08. The van der Waals surface area contributed by atoms with Crippen LogP contribution in [0.4, 0.5) is 5.82 Å². The fraction of sp³-hybridized carbons (Fsp3) is 0.688. The third-order valence-corrected chi connectivity index (χ3v) is 4.35. The molecule has 0 bridgehead atoms. The first-order chi connectivity index (χ1) is 10.1. The zero-order valence-corrected chi connectivity index (χ0v) is 12.9. The van der Waals surface area contributed by atoms with E-state index in [9.17, 15) is 4.79 Å². The largest absolute Gasteiger partial charge is 0.462 e. The molecule has 1 saturated heterocycles. The van der Waals surface area contributed by atoms with Gasteiger partial charge in [-0.05, 0) is 32.6 Å². The second-order valence-corrected chi connectivity index (χ2v) is 6.02. The van der Waals surface area contributed by atoms with Crippen molar-refractivity contribution in [2.75, 3.05) is 18.0 Å². The molecule has 0 amide bonds. The van der Waals surface area contributed by atoms with E-state index in [1.807, 2.05) is 6.92 Å². The average molecular weight is 289 g/mol. The molecular weight excluding hydrogens is 266 g/mol. The first kappa shape index (κ1) is 14.3. The van der Waals surface area contributed by atoms with Crippen molar-refractivity contribution < 1.29 is 9.53 Å². The molecule has 21 heavy (non-hydrogen) atoms. The van der Waals surface area contributed by atoms with Crippen LogP contribution in [0.1, 0.15) is 49.7 Å². The van der Waals surface area contributed by atoms with Gasteiger partial charge in [0.05, 0.1) is 0 Å². The van der Waals surface area contributed by atoms with Gasteiger partial charge in [-0.2, -0.15) is 0 Å². The number of ether oxygens (including phenoxy) is 1. The number of nitrogens with zero attached hydrogens (tertiary/aromatic N) is 3. The molecule has 114 valence electrons. The van der Waals surface area contributed by atoms with Crippen LogP contribution in [0.2, 0.25) is 0 Å². The first-order valence-corrected chi connectivity index (χ1v) is 7.92. The summed E-state index contributed by atoms with van der Waals surface area (Å²) >= 11 is 0. The lowest BCUT2D eigenvalue weighted by molar-refractivity contribution is -0.147. The molecular formula is C16H23N3O2. The third-order valence-electron chi connectivity index (χ3n) is 4.35. The van der Waals surface area contributed by atoms with Crippen molar-refractivity contribution in [2.24, 2.45) is 0 Å². The van der Waals surface area contributed by atoms with Crippen molar-refractivity contribution in [3.8, 4) is 0 Å². The molecule has 0 unspecified atom stereocenters. The highest BCUT2D eigenvalue weighted by atomic mass is 16.5. The van der Waals surface area contributed by atoms with Crippen molar-refractivity contribution >= 4 is 11.8 Å². The number of fused-ring (bicyclic) bond motifs is 1. The van der Waals surface area contributed by atoms with Crippen LogP contribution >= 0.6 is 0 Å². The molecule has 3 rings (SSSR count). The number of carbonyl (C=O) groups excluding carboxylic acids is 1. The fourth-order valence-electron chi connectivity index (χ4n) is 3.38. The van der Waals surface area contributed by atoms with Crippen molar-refractivity contribution in [3.63, 3.8) is 0 Å². The number of hydrogen-bond donors (Lipinski definition) is 0. The molecule has 0 spiro atoms. The van der Waals surface area contributed by atoms with Gasteiger partial charge in [0, 0.05) is 44.1 Å². The van der Waals surface area contributed by atoms with E-state index in [4.69, 9.17) is 9.72 Å². The second-order valence-electron chi connectivity index (χ2n) is 6.02. The third kappa shape index (κ3) is 3.17. The molecule has 5 heteroatoms. The van der Waals surface area contributed by atoms with Crippen LogP contribution in [0.3, 0.4) is 0 Å². The summed E-state index contributed by atoms with van der Waals surface area (Å²) in [5.74, 6) is 1.81. The molecule has 0 atom stereocenters. The molecule has 0 radical (unpaired) electrons. The van der Waals surface area contributed by atoms with Crippen molar-refractivity contribution in [1.82, 2.24) is 9.97 Å². The molecule has 1 aliphatic carbocycles. The lowest BCUT2D eigenvalue weighted by atomic mass is 9.95. The van der Waals surface area contributed by atoms with Crippen molar-refractivity contribution in [2.45, 2.75) is 58.5 Å². The molecule has 1 aromatic heterocycles. The number of rotatable bonds is 2. The van der Waals surface area contributed by atoms with E-state index in [1.54, 1.807) is 0 Å². The van der Waals surface area contributed by atoms with E-state index in [0.717, 1.165) is 50.4 Å². The number of anilines is 1. The molecule has 0 N–H and O–H groups in total. The maximum absolute atomic E-state index is 11.0. The van der Waals surface area contributed by atoms with E-state index in [0.29, 0.717) is 0 Å². The summed E-state index contributed by atoms with van der Waals surface area (Å²) in [5, 5.41) is 0. The number of piperidine rings is 1. The van der Waals surface area contributed by atoms with Gasteiger partial charge in [0.2, 0.25) is 0 Å². The Morgan fingerprint density at radius 1 is 1.19 bits per heavy atom. The van der Waals surface area contributed by atoms with Crippen LogP contribution in [0, 0.1) is 6.92 Å². The van der Waals surface area contributed by atoms with Crippen molar-refractivity contribution in [1.29, 1.82) is 0 Å². The highest BCUT2D eigenvalue weighted by molar-refractivity contribution is 5.66. The van der Waals surface area contributed by atoms with Gasteiger partial charge in [-0.1, -0.05) is 0 Å². The summed E-state index contributed by atoms with van der Waals surface area (Å²) in [7, 11) is 0. The van der Waals surface area contributed by atoms with Gasteiger partial charge in [0.1, 0.15) is 17.7 Å². The topological polar surface area (TPSA) is 55.3 Å². The summed E-state index contributed by atoms with van der Waals surface area (Å²) in [5.41, 5.74) is 2.59. The summed E-state index contributed by atoms with van der Waals surface area (Å²) in [4.78, 5) is 22.7. The number of aromatic nitrogens is 2. The maximum atomic E-state index is 11.0. The normalized spacial score (nSPS) is 19.2. The van der Waals surface area contributed by atoms with Gasteiger partial charge >= 0.3 is 5.97 Å². The number of hydrogen-bond acceptors (Lipinski definition) is 5. The Morgan fingerprint density at radius 3 is 2.62 bits per heavy atom. The van der Waals surface area contributed by atoms with Gasteiger partial charge in [-0.3, -0.25) is 4.79 Å². The van der Waals surface area contributed by atoms with Crippen LogP contribution in [-0.4, -0.2) is 35.1 Å². The first-order valence-electron chi connectivity index (χ1n) is 7.92. The SMILES string of the molecule is CC(=O)OC1CCN(c2nc(C)nc3c2CCCC3)CC1. The van der Waals surface area contributed by atoms with E-state index in [1.165, 1.54) is 31.0 Å². The fourth-order valence-corrected chi connectivity index (χ4v) is 3.38. The quantitative estimate of drug-likeness (QED) is 0.781. The number of carbonyl (C=O) groups is 1. The predicted molar refractivity (Wildman–Crippen MR) is 80.4 cm³/mol. The lowest BCUT2D eigenvalue weighted by Crippen LogP contribution is -2.39. The van der Waals surface area contributed by atoms with E-state index in [2.05, 4.69) is 9.88 Å². The number of esters is 1. The Balaban J connectivity index is 1.76. The summed E-state index contributed by atoms with van der Waals surface area (Å²) in [6.07, 6.45) is 6.48. The van der Waals surface area contributed by atoms with E-state index < -0.39 is 0 Å². The Labute approximate surface area is 125 Å². The zero-order chi connectivity index (χ0) is 14.8.